The van der Waals surface area contributed by atoms with Crippen molar-refractivity contribution >= 4 is 27.5 Å². The second-order valence-electron chi connectivity index (χ2n) is 11.9. The third-order valence-corrected chi connectivity index (χ3v) is 10.2. The van der Waals surface area contributed by atoms with E-state index >= 15 is 0 Å². The molecule has 0 fully saturated rings. The molecule has 1 atom stereocenters. The van der Waals surface area contributed by atoms with Gasteiger partial charge in [0.2, 0.25) is 11.8 Å². The van der Waals surface area contributed by atoms with Crippen molar-refractivity contribution in [3.05, 3.63) is 130 Å². The number of benzene rings is 4. The first-order valence-corrected chi connectivity index (χ1v) is 17.3. The molecule has 0 unspecified atom stereocenters. The van der Waals surface area contributed by atoms with Crippen LogP contribution in [-0.2, 0) is 32.6 Å². The van der Waals surface area contributed by atoms with Crippen LogP contribution in [0.25, 0.3) is 0 Å². The minimum absolute atomic E-state index is 0.0905. The van der Waals surface area contributed by atoms with E-state index in [1.807, 2.05) is 88.4 Å². The molecule has 0 saturated heterocycles. The van der Waals surface area contributed by atoms with Crippen molar-refractivity contribution in [1.29, 1.82) is 0 Å². The number of rotatable bonds is 14. The summed E-state index contributed by atoms with van der Waals surface area (Å²) in [7, 11) is -4.15. The first-order chi connectivity index (χ1) is 22.0. The highest BCUT2D eigenvalue weighted by Crippen LogP contribution is 2.27. The number of carbonyl (C=O) groups excluding carboxylic acids is 2. The van der Waals surface area contributed by atoms with Crippen LogP contribution in [0, 0.1) is 27.7 Å². The Morgan fingerprint density at radius 2 is 1.46 bits per heavy atom. The summed E-state index contributed by atoms with van der Waals surface area (Å²) in [6.07, 6.45) is 2.01. The molecule has 46 heavy (non-hydrogen) atoms. The minimum Gasteiger partial charge on any atom is -0.354 e. The van der Waals surface area contributed by atoms with Gasteiger partial charge in [0, 0.05) is 19.5 Å². The van der Waals surface area contributed by atoms with E-state index in [1.165, 1.54) is 4.31 Å². The average Bonchev–Trinajstić information content (AvgIpc) is 3.04. The number of anilines is 1. The molecule has 0 radical (unpaired) electrons. The number of nitrogens with one attached hydrogen (secondary N) is 1. The van der Waals surface area contributed by atoms with Gasteiger partial charge in [0.15, 0.2) is 0 Å². The van der Waals surface area contributed by atoms with Crippen molar-refractivity contribution in [3.63, 3.8) is 0 Å². The monoisotopic (exact) mass is 639 g/mol. The summed E-state index contributed by atoms with van der Waals surface area (Å²) in [5, 5.41) is 3.04. The lowest BCUT2D eigenvalue weighted by molar-refractivity contribution is -0.140. The molecule has 0 saturated carbocycles. The van der Waals surface area contributed by atoms with Crippen molar-refractivity contribution in [1.82, 2.24) is 10.2 Å². The molecule has 0 aliphatic rings. The summed E-state index contributed by atoms with van der Waals surface area (Å²) in [5.74, 6) is -0.734. The van der Waals surface area contributed by atoms with Crippen LogP contribution in [0.5, 0.6) is 0 Å². The topological polar surface area (TPSA) is 86.8 Å². The van der Waals surface area contributed by atoms with E-state index in [2.05, 4.69) is 12.2 Å². The first-order valence-electron chi connectivity index (χ1n) is 15.8. The Balaban J connectivity index is 1.81. The van der Waals surface area contributed by atoms with E-state index in [1.54, 1.807) is 41.3 Å². The average molecular weight is 640 g/mol. The molecule has 1 N–H and O–H groups in total. The van der Waals surface area contributed by atoms with Gasteiger partial charge in [-0.25, -0.2) is 8.42 Å². The second-order valence-corrected chi connectivity index (χ2v) is 13.8. The highest BCUT2D eigenvalue weighted by Gasteiger charge is 2.34. The molecule has 0 aliphatic carbocycles. The predicted octanol–water partition coefficient (Wildman–Crippen LogP) is 6.67. The van der Waals surface area contributed by atoms with E-state index in [-0.39, 0.29) is 23.8 Å². The van der Waals surface area contributed by atoms with Crippen LogP contribution in [0.1, 0.15) is 53.1 Å². The van der Waals surface area contributed by atoms with Crippen LogP contribution in [0.2, 0.25) is 0 Å². The van der Waals surface area contributed by atoms with E-state index in [4.69, 9.17) is 0 Å². The third-order valence-electron chi connectivity index (χ3n) is 8.37. The summed E-state index contributed by atoms with van der Waals surface area (Å²) >= 11 is 0. The molecule has 4 rings (SSSR count). The third kappa shape index (κ3) is 8.63. The number of amides is 2. The van der Waals surface area contributed by atoms with Crippen LogP contribution in [0.15, 0.2) is 102 Å². The zero-order valence-electron chi connectivity index (χ0n) is 27.5. The zero-order valence-corrected chi connectivity index (χ0v) is 28.3. The van der Waals surface area contributed by atoms with Gasteiger partial charge in [-0.1, -0.05) is 91.7 Å². The Labute approximate surface area is 274 Å². The maximum Gasteiger partial charge on any atom is 0.264 e. The van der Waals surface area contributed by atoms with Crippen molar-refractivity contribution < 1.29 is 18.0 Å². The standard InChI is InChI=1S/C38H45N3O4S/c1-6-7-23-39-38(43)36(25-32-14-9-8-10-15-32)40(26-33-16-12-11-13-30(33)4)37(42)27-41(34-20-19-29(3)31(5)24-34)46(44,45)35-21-17-28(2)18-22-35/h8-22,24,36H,6-7,23,25-27H2,1-5H3,(H,39,43)/t36-/m0/s1. The number of sulfonamides is 1. The van der Waals surface area contributed by atoms with Gasteiger partial charge < -0.3 is 10.2 Å². The number of carbonyl (C=O) groups is 2. The van der Waals surface area contributed by atoms with Gasteiger partial charge in [-0.3, -0.25) is 13.9 Å². The molecule has 242 valence electrons. The number of aryl methyl sites for hydroxylation is 4. The SMILES string of the molecule is CCCCNC(=O)[C@H](Cc1ccccc1)N(Cc1ccccc1C)C(=O)CN(c1ccc(C)c(C)c1)S(=O)(=O)c1ccc(C)cc1. The summed E-state index contributed by atoms with van der Waals surface area (Å²) in [4.78, 5) is 30.2. The van der Waals surface area contributed by atoms with Gasteiger partial charge in [0.05, 0.1) is 10.6 Å². The highest BCUT2D eigenvalue weighted by molar-refractivity contribution is 7.92. The molecule has 0 bridgehead atoms. The Bertz CT molecular complexity index is 1740. The fourth-order valence-corrected chi connectivity index (χ4v) is 6.68. The van der Waals surface area contributed by atoms with Gasteiger partial charge in [-0.05, 0) is 86.2 Å². The largest absolute Gasteiger partial charge is 0.354 e. The predicted molar refractivity (Wildman–Crippen MR) is 185 cm³/mol. The summed E-state index contributed by atoms with van der Waals surface area (Å²) in [6.45, 7) is 9.95. The number of unbranched alkanes of at least 4 members (excludes halogenated alkanes) is 1. The number of hydrogen-bond donors (Lipinski definition) is 1. The Morgan fingerprint density at radius 1 is 0.783 bits per heavy atom. The fraction of sp³-hybridized carbons (Fsp3) is 0.316. The first kappa shape index (κ1) is 34.4. The van der Waals surface area contributed by atoms with Crippen molar-refractivity contribution in [3.8, 4) is 0 Å². The van der Waals surface area contributed by atoms with Crippen LogP contribution < -0.4 is 9.62 Å². The van der Waals surface area contributed by atoms with Crippen LogP contribution in [-0.4, -0.2) is 44.3 Å². The van der Waals surface area contributed by atoms with E-state index in [0.29, 0.717) is 12.2 Å². The van der Waals surface area contributed by atoms with Crippen LogP contribution >= 0.6 is 0 Å². The molecule has 0 heterocycles. The maximum atomic E-state index is 14.6. The molecule has 8 heteroatoms. The normalized spacial score (nSPS) is 11.9. The van der Waals surface area contributed by atoms with Crippen molar-refractivity contribution in [2.75, 3.05) is 17.4 Å². The molecule has 2 amide bonds. The number of nitrogens with zero attached hydrogens (tertiary/aromatic N) is 2. The molecule has 7 nitrogen and oxygen atoms in total. The quantitative estimate of drug-likeness (QED) is 0.156. The summed E-state index contributed by atoms with van der Waals surface area (Å²) in [5.41, 5.74) is 5.99. The Morgan fingerprint density at radius 3 is 2.11 bits per heavy atom. The molecular formula is C38H45N3O4S. The lowest BCUT2D eigenvalue weighted by Crippen LogP contribution is -2.53. The van der Waals surface area contributed by atoms with Gasteiger partial charge in [-0.2, -0.15) is 0 Å². The molecular weight excluding hydrogens is 595 g/mol. The lowest BCUT2D eigenvalue weighted by Gasteiger charge is -2.34. The van der Waals surface area contributed by atoms with E-state index in [0.717, 1.165) is 46.2 Å². The minimum atomic E-state index is -4.15. The number of hydrogen-bond acceptors (Lipinski definition) is 4. The Kier molecular flexibility index (Phi) is 11.8. The molecule has 0 aliphatic heterocycles. The van der Waals surface area contributed by atoms with Crippen LogP contribution in [0.4, 0.5) is 5.69 Å². The summed E-state index contributed by atoms with van der Waals surface area (Å²) < 4.78 is 29.7. The smallest absolute Gasteiger partial charge is 0.264 e. The zero-order chi connectivity index (χ0) is 33.3. The van der Waals surface area contributed by atoms with Crippen molar-refractivity contribution in [2.24, 2.45) is 0 Å². The fourth-order valence-electron chi connectivity index (χ4n) is 5.28. The second kappa shape index (κ2) is 15.7. The van der Waals surface area contributed by atoms with Gasteiger partial charge in [-0.15, -0.1) is 0 Å². The molecule has 0 aromatic heterocycles. The Hall–Kier alpha value is -4.43. The van der Waals surface area contributed by atoms with Crippen LogP contribution in [0.3, 0.4) is 0 Å². The van der Waals surface area contributed by atoms with Gasteiger partial charge in [0.25, 0.3) is 10.0 Å². The van der Waals surface area contributed by atoms with Gasteiger partial charge in [0.1, 0.15) is 12.6 Å². The van der Waals surface area contributed by atoms with Crippen molar-refractivity contribution in [2.45, 2.75) is 71.4 Å². The highest BCUT2D eigenvalue weighted by atomic mass is 32.2. The van der Waals surface area contributed by atoms with E-state index < -0.39 is 28.5 Å². The molecule has 4 aromatic carbocycles. The maximum absolute atomic E-state index is 14.6. The molecule has 0 spiro atoms. The molecule has 4 aromatic rings. The summed E-state index contributed by atoms with van der Waals surface area (Å²) in [6, 6.07) is 28.5. The van der Waals surface area contributed by atoms with E-state index in [9.17, 15) is 18.0 Å². The lowest BCUT2D eigenvalue weighted by atomic mass is 10.0. The van der Waals surface area contributed by atoms with Gasteiger partial charge >= 0.3 is 0 Å².